The highest BCUT2D eigenvalue weighted by atomic mass is 35.5. The van der Waals surface area contributed by atoms with Gasteiger partial charge in [-0.15, -0.1) is 0 Å². The molecule has 0 aliphatic rings. The van der Waals surface area contributed by atoms with Crippen LogP contribution in [0.4, 0.5) is 11.4 Å². The predicted octanol–water partition coefficient (Wildman–Crippen LogP) is 5.51. The summed E-state index contributed by atoms with van der Waals surface area (Å²) in [6.45, 7) is 6.11. The molecule has 0 saturated carbocycles. The zero-order valence-electron chi connectivity index (χ0n) is 16.8. The molecule has 5 nitrogen and oxygen atoms in total. The number of rotatable bonds is 7. The number of hydrogen-bond donors (Lipinski definition) is 1. The van der Waals surface area contributed by atoms with Crippen molar-refractivity contribution in [1.29, 1.82) is 0 Å². The van der Waals surface area contributed by atoms with Crippen molar-refractivity contribution in [3.05, 3.63) is 71.4 Å². The van der Waals surface area contributed by atoms with Crippen LogP contribution in [0.1, 0.15) is 24.2 Å². The van der Waals surface area contributed by atoms with Gasteiger partial charge in [-0.1, -0.05) is 17.7 Å². The van der Waals surface area contributed by atoms with Crippen LogP contribution in [0.5, 0.6) is 5.75 Å². The molecule has 150 valence electrons. The van der Waals surface area contributed by atoms with Crippen LogP contribution < -0.4 is 15.0 Å². The summed E-state index contributed by atoms with van der Waals surface area (Å²) >= 11 is 6.45. The molecule has 0 aliphatic carbocycles. The Labute approximate surface area is 176 Å². The van der Waals surface area contributed by atoms with E-state index in [0.29, 0.717) is 27.6 Å². The Balaban J connectivity index is 1.77. The summed E-state index contributed by atoms with van der Waals surface area (Å²) in [6.07, 6.45) is 1.68. The zero-order chi connectivity index (χ0) is 20.8. The van der Waals surface area contributed by atoms with Crippen molar-refractivity contribution in [3.8, 4) is 17.0 Å². The van der Waals surface area contributed by atoms with E-state index < -0.39 is 0 Å². The summed E-state index contributed by atoms with van der Waals surface area (Å²) in [6, 6.07) is 16.6. The van der Waals surface area contributed by atoms with Crippen LogP contribution in [0.2, 0.25) is 5.02 Å². The normalized spacial score (nSPS) is 10.5. The van der Waals surface area contributed by atoms with Crippen molar-refractivity contribution in [2.24, 2.45) is 0 Å². The zero-order valence-corrected chi connectivity index (χ0v) is 17.5. The highest BCUT2D eigenvalue weighted by Crippen LogP contribution is 2.33. The fourth-order valence-corrected chi connectivity index (χ4v) is 3.42. The van der Waals surface area contributed by atoms with Gasteiger partial charge in [-0.25, -0.2) is 0 Å². The van der Waals surface area contributed by atoms with E-state index in [0.717, 1.165) is 24.5 Å². The second kappa shape index (κ2) is 9.43. The molecule has 6 heteroatoms. The highest BCUT2D eigenvalue weighted by molar-refractivity contribution is 6.33. The minimum absolute atomic E-state index is 0.220. The van der Waals surface area contributed by atoms with E-state index in [1.54, 1.807) is 37.6 Å². The average Bonchev–Trinajstić information content (AvgIpc) is 2.75. The number of methoxy groups -OCH3 is 1. The number of ether oxygens (including phenoxy) is 1. The largest absolute Gasteiger partial charge is 0.494 e. The van der Waals surface area contributed by atoms with Crippen molar-refractivity contribution in [2.45, 2.75) is 13.8 Å². The third kappa shape index (κ3) is 4.69. The summed E-state index contributed by atoms with van der Waals surface area (Å²) in [4.78, 5) is 19.2. The first-order valence-corrected chi connectivity index (χ1v) is 9.90. The number of carbonyl (C=O) groups excluding carboxylic acids is 1. The summed E-state index contributed by atoms with van der Waals surface area (Å²) in [5, 5.41) is 3.35. The van der Waals surface area contributed by atoms with E-state index >= 15 is 0 Å². The van der Waals surface area contributed by atoms with Crippen LogP contribution in [0, 0.1) is 0 Å². The van der Waals surface area contributed by atoms with Crippen molar-refractivity contribution in [3.63, 3.8) is 0 Å². The lowest BCUT2D eigenvalue weighted by molar-refractivity contribution is 0.102. The molecule has 0 spiro atoms. The lowest BCUT2D eigenvalue weighted by Gasteiger charge is -2.21. The van der Waals surface area contributed by atoms with E-state index in [4.69, 9.17) is 16.3 Å². The van der Waals surface area contributed by atoms with Crippen molar-refractivity contribution >= 4 is 28.9 Å². The van der Waals surface area contributed by atoms with Gasteiger partial charge in [0.1, 0.15) is 11.4 Å². The standard InChI is InChI=1S/C23H24ClN3O2/c1-4-27(5-2)18-11-9-17(10-12-18)26-23(28)16-8-13-19(20(24)15-16)22-21(29-3)7-6-14-25-22/h6-15H,4-5H2,1-3H3,(H,26,28). The number of halogens is 1. The quantitative estimate of drug-likeness (QED) is 0.559. The Kier molecular flexibility index (Phi) is 6.73. The molecule has 1 amide bonds. The highest BCUT2D eigenvalue weighted by Gasteiger charge is 2.14. The van der Waals surface area contributed by atoms with Gasteiger partial charge in [-0.3, -0.25) is 9.78 Å². The molecular formula is C23H24ClN3O2. The molecule has 0 saturated heterocycles. The minimum atomic E-state index is -0.220. The van der Waals surface area contributed by atoms with Crippen LogP contribution in [0.15, 0.2) is 60.8 Å². The van der Waals surface area contributed by atoms with Crippen molar-refractivity contribution in [2.75, 3.05) is 30.4 Å². The maximum absolute atomic E-state index is 12.6. The maximum atomic E-state index is 12.6. The molecule has 0 atom stereocenters. The maximum Gasteiger partial charge on any atom is 0.255 e. The average molecular weight is 410 g/mol. The van der Waals surface area contributed by atoms with Gasteiger partial charge in [0.05, 0.1) is 12.1 Å². The lowest BCUT2D eigenvalue weighted by atomic mass is 10.1. The number of amides is 1. The summed E-state index contributed by atoms with van der Waals surface area (Å²) in [5.74, 6) is 0.405. The number of nitrogens with one attached hydrogen (secondary N) is 1. The van der Waals surface area contributed by atoms with Gasteiger partial charge in [-0.05, 0) is 62.4 Å². The van der Waals surface area contributed by atoms with Gasteiger partial charge in [0.25, 0.3) is 5.91 Å². The molecule has 3 rings (SSSR count). The predicted molar refractivity (Wildman–Crippen MR) is 119 cm³/mol. The molecule has 0 fully saturated rings. The number of aromatic nitrogens is 1. The second-order valence-corrected chi connectivity index (χ2v) is 6.83. The summed E-state index contributed by atoms with van der Waals surface area (Å²) in [7, 11) is 1.59. The van der Waals surface area contributed by atoms with Gasteiger partial charge in [0, 0.05) is 41.8 Å². The SMILES string of the molecule is CCN(CC)c1ccc(NC(=O)c2ccc(-c3ncccc3OC)c(Cl)c2)cc1. The van der Waals surface area contributed by atoms with Gasteiger partial charge < -0.3 is 15.0 Å². The molecule has 1 N–H and O–H groups in total. The van der Waals surface area contributed by atoms with Gasteiger partial charge in [0.15, 0.2) is 0 Å². The number of nitrogens with zero attached hydrogens (tertiary/aromatic N) is 2. The molecular weight excluding hydrogens is 386 g/mol. The Morgan fingerprint density at radius 2 is 1.83 bits per heavy atom. The Bertz CT molecular complexity index is 986. The number of anilines is 2. The first-order valence-electron chi connectivity index (χ1n) is 9.52. The Morgan fingerprint density at radius 1 is 1.10 bits per heavy atom. The Hall–Kier alpha value is -3.05. The third-order valence-electron chi connectivity index (χ3n) is 4.73. The first-order chi connectivity index (χ1) is 14.1. The molecule has 0 bridgehead atoms. The molecule has 3 aromatic rings. The van der Waals surface area contributed by atoms with E-state index in [1.165, 1.54) is 0 Å². The monoisotopic (exact) mass is 409 g/mol. The fourth-order valence-electron chi connectivity index (χ4n) is 3.15. The molecule has 0 aliphatic heterocycles. The smallest absolute Gasteiger partial charge is 0.255 e. The molecule has 0 radical (unpaired) electrons. The van der Waals surface area contributed by atoms with Crippen molar-refractivity contribution < 1.29 is 9.53 Å². The van der Waals surface area contributed by atoms with E-state index in [9.17, 15) is 4.79 Å². The molecule has 1 heterocycles. The lowest BCUT2D eigenvalue weighted by Crippen LogP contribution is -2.21. The minimum Gasteiger partial charge on any atom is -0.494 e. The third-order valence-corrected chi connectivity index (χ3v) is 5.04. The van der Waals surface area contributed by atoms with Crippen LogP contribution in [0.25, 0.3) is 11.3 Å². The van der Waals surface area contributed by atoms with Crippen LogP contribution >= 0.6 is 11.6 Å². The molecule has 1 aromatic heterocycles. The van der Waals surface area contributed by atoms with Crippen LogP contribution in [-0.2, 0) is 0 Å². The fraction of sp³-hybridized carbons (Fsp3) is 0.217. The molecule has 2 aromatic carbocycles. The van der Waals surface area contributed by atoms with Crippen LogP contribution in [-0.4, -0.2) is 31.1 Å². The molecule has 29 heavy (non-hydrogen) atoms. The van der Waals surface area contributed by atoms with E-state index in [2.05, 4.69) is 29.0 Å². The second-order valence-electron chi connectivity index (χ2n) is 6.42. The number of carbonyl (C=O) groups is 1. The number of pyridine rings is 1. The summed E-state index contributed by atoms with van der Waals surface area (Å²) < 4.78 is 5.35. The first kappa shape index (κ1) is 20.7. The van der Waals surface area contributed by atoms with Gasteiger partial charge in [0.2, 0.25) is 0 Å². The van der Waals surface area contributed by atoms with Crippen molar-refractivity contribution in [1.82, 2.24) is 4.98 Å². The Morgan fingerprint density at radius 3 is 2.45 bits per heavy atom. The number of hydrogen-bond acceptors (Lipinski definition) is 4. The van der Waals surface area contributed by atoms with E-state index in [-0.39, 0.29) is 5.91 Å². The summed E-state index contributed by atoms with van der Waals surface area (Å²) in [5.41, 5.74) is 3.69. The topological polar surface area (TPSA) is 54.5 Å². The van der Waals surface area contributed by atoms with E-state index in [1.807, 2.05) is 30.3 Å². The van der Waals surface area contributed by atoms with Gasteiger partial charge >= 0.3 is 0 Å². The number of benzene rings is 2. The van der Waals surface area contributed by atoms with Crippen LogP contribution in [0.3, 0.4) is 0 Å². The molecule has 0 unspecified atom stereocenters. The van der Waals surface area contributed by atoms with Gasteiger partial charge in [-0.2, -0.15) is 0 Å².